The van der Waals surface area contributed by atoms with Gasteiger partial charge in [-0.1, -0.05) is 0 Å². The summed E-state index contributed by atoms with van der Waals surface area (Å²) in [6.45, 7) is 9.92. The van der Waals surface area contributed by atoms with Crippen LogP contribution in [0.4, 0.5) is 4.79 Å². The zero-order valence-corrected chi connectivity index (χ0v) is 15.0. The Kier molecular flexibility index (Phi) is 4.88. The van der Waals surface area contributed by atoms with E-state index in [4.69, 9.17) is 9.47 Å². The summed E-state index contributed by atoms with van der Waals surface area (Å²) in [6.07, 6.45) is 5.76. The minimum absolute atomic E-state index is 0.124. The van der Waals surface area contributed by atoms with Crippen LogP contribution in [0.1, 0.15) is 59.8 Å². The first-order chi connectivity index (χ1) is 10.8. The lowest BCUT2D eigenvalue weighted by atomic mass is 9.96. The Labute approximate surface area is 140 Å². The topological polar surface area (TPSA) is 50.8 Å². The highest BCUT2D eigenvalue weighted by Gasteiger charge is 2.44. The molecule has 23 heavy (non-hydrogen) atoms. The molecular formula is C18H32N2O3. The standard InChI is InChI=1S/C18H32N2O3/c1-12-13(7-8-22-12)11-19-14-9-15-5-6-16(10-14)20(15)17(21)23-18(2,3)4/h12-16,19H,5-11H2,1-4H3. The maximum absolute atomic E-state index is 12.5. The molecule has 132 valence electrons. The number of hydrogen-bond donors (Lipinski definition) is 1. The molecule has 1 amide bonds. The van der Waals surface area contributed by atoms with Gasteiger partial charge in [-0.3, -0.25) is 0 Å². The lowest BCUT2D eigenvalue weighted by Crippen LogP contribution is -2.53. The van der Waals surface area contributed by atoms with Gasteiger partial charge in [-0.2, -0.15) is 0 Å². The van der Waals surface area contributed by atoms with Crippen molar-refractivity contribution >= 4 is 6.09 Å². The van der Waals surface area contributed by atoms with Crippen LogP contribution in [0, 0.1) is 5.92 Å². The van der Waals surface area contributed by atoms with Crippen LogP contribution in [0.5, 0.6) is 0 Å². The van der Waals surface area contributed by atoms with Gasteiger partial charge in [0.1, 0.15) is 5.60 Å². The second kappa shape index (κ2) is 6.60. The predicted molar refractivity (Wildman–Crippen MR) is 89.4 cm³/mol. The number of hydrogen-bond acceptors (Lipinski definition) is 4. The van der Waals surface area contributed by atoms with E-state index in [-0.39, 0.29) is 6.09 Å². The monoisotopic (exact) mass is 324 g/mol. The summed E-state index contributed by atoms with van der Waals surface area (Å²) in [5, 5.41) is 3.74. The number of fused-ring (bicyclic) bond motifs is 2. The van der Waals surface area contributed by atoms with Crippen molar-refractivity contribution < 1.29 is 14.3 Å². The number of carbonyl (C=O) groups excluding carboxylic acids is 1. The Bertz CT molecular complexity index is 420. The first-order valence-corrected chi connectivity index (χ1v) is 9.20. The van der Waals surface area contributed by atoms with Crippen LogP contribution in [-0.2, 0) is 9.47 Å². The molecule has 0 radical (unpaired) electrons. The van der Waals surface area contributed by atoms with Crippen molar-refractivity contribution in [3.8, 4) is 0 Å². The van der Waals surface area contributed by atoms with Gasteiger partial charge in [-0.05, 0) is 65.7 Å². The van der Waals surface area contributed by atoms with Crippen molar-refractivity contribution in [3.63, 3.8) is 0 Å². The number of nitrogens with zero attached hydrogens (tertiary/aromatic N) is 1. The van der Waals surface area contributed by atoms with Crippen molar-refractivity contribution in [1.82, 2.24) is 10.2 Å². The van der Waals surface area contributed by atoms with Gasteiger partial charge < -0.3 is 19.7 Å². The molecule has 5 heteroatoms. The highest BCUT2D eigenvalue weighted by Crippen LogP contribution is 2.37. The Morgan fingerprint density at radius 2 is 1.87 bits per heavy atom. The maximum atomic E-state index is 12.5. The van der Waals surface area contributed by atoms with Crippen molar-refractivity contribution in [2.24, 2.45) is 5.92 Å². The number of ether oxygens (including phenoxy) is 2. The summed E-state index contributed by atoms with van der Waals surface area (Å²) >= 11 is 0. The third kappa shape index (κ3) is 4.00. The average molecular weight is 324 g/mol. The van der Waals surface area contributed by atoms with E-state index in [1.54, 1.807) is 0 Å². The van der Waals surface area contributed by atoms with E-state index in [0.717, 1.165) is 45.3 Å². The first kappa shape index (κ1) is 17.0. The lowest BCUT2D eigenvalue weighted by molar-refractivity contribution is 0.00447. The molecule has 3 heterocycles. The highest BCUT2D eigenvalue weighted by atomic mass is 16.6. The van der Waals surface area contributed by atoms with Crippen LogP contribution in [0.2, 0.25) is 0 Å². The third-order valence-electron chi connectivity index (χ3n) is 5.54. The average Bonchev–Trinajstić information content (AvgIpc) is 2.96. The fourth-order valence-corrected chi connectivity index (χ4v) is 4.32. The smallest absolute Gasteiger partial charge is 0.410 e. The van der Waals surface area contributed by atoms with E-state index in [1.807, 2.05) is 25.7 Å². The molecule has 0 aliphatic carbocycles. The Hall–Kier alpha value is -0.810. The van der Waals surface area contributed by atoms with Crippen molar-refractivity contribution in [3.05, 3.63) is 0 Å². The highest BCUT2D eigenvalue weighted by molar-refractivity contribution is 5.69. The molecule has 0 saturated carbocycles. The molecule has 4 atom stereocenters. The van der Waals surface area contributed by atoms with Gasteiger partial charge in [-0.25, -0.2) is 4.79 Å². The quantitative estimate of drug-likeness (QED) is 0.867. The number of rotatable bonds is 3. The summed E-state index contributed by atoms with van der Waals surface area (Å²) in [4.78, 5) is 14.5. The van der Waals surface area contributed by atoms with Gasteiger partial charge in [0.05, 0.1) is 6.10 Å². The molecule has 2 bridgehead atoms. The number of carbonyl (C=O) groups is 1. The fourth-order valence-electron chi connectivity index (χ4n) is 4.32. The minimum Gasteiger partial charge on any atom is -0.444 e. The molecule has 3 aliphatic rings. The van der Waals surface area contributed by atoms with Gasteiger partial charge in [-0.15, -0.1) is 0 Å². The van der Waals surface area contributed by atoms with E-state index in [9.17, 15) is 4.79 Å². The zero-order chi connectivity index (χ0) is 16.6. The van der Waals surface area contributed by atoms with Gasteiger partial charge >= 0.3 is 6.09 Å². The zero-order valence-electron chi connectivity index (χ0n) is 15.0. The summed E-state index contributed by atoms with van der Waals surface area (Å²) in [5.41, 5.74) is -0.412. The summed E-state index contributed by atoms with van der Waals surface area (Å²) in [5.74, 6) is 0.636. The SMILES string of the molecule is CC1OCCC1CNC1CC2CCC(C1)N2C(=O)OC(C)(C)C. The maximum Gasteiger partial charge on any atom is 0.410 e. The van der Waals surface area contributed by atoms with Gasteiger partial charge in [0.15, 0.2) is 0 Å². The Balaban J connectivity index is 1.51. The predicted octanol–water partition coefficient (Wildman–Crippen LogP) is 2.93. The molecule has 4 unspecified atom stereocenters. The molecule has 0 aromatic rings. The number of piperidine rings is 1. The van der Waals surface area contributed by atoms with Crippen molar-refractivity contribution in [2.45, 2.75) is 89.6 Å². The molecule has 3 fully saturated rings. The normalized spacial score (nSPS) is 37.2. The molecule has 0 aromatic carbocycles. The first-order valence-electron chi connectivity index (χ1n) is 9.20. The molecule has 0 spiro atoms. The summed E-state index contributed by atoms with van der Waals surface area (Å²) < 4.78 is 11.2. The third-order valence-corrected chi connectivity index (χ3v) is 5.54. The number of amides is 1. The lowest BCUT2D eigenvalue weighted by Gasteiger charge is -2.40. The van der Waals surface area contributed by atoms with E-state index in [2.05, 4.69) is 12.2 Å². The van der Waals surface area contributed by atoms with Crippen LogP contribution in [0.25, 0.3) is 0 Å². The van der Waals surface area contributed by atoms with Crippen LogP contribution in [0.15, 0.2) is 0 Å². The molecule has 3 rings (SSSR count). The van der Waals surface area contributed by atoms with E-state index >= 15 is 0 Å². The summed E-state index contributed by atoms with van der Waals surface area (Å²) in [6, 6.07) is 1.22. The largest absolute Gasteiger partial charge is 0.444 e. The van der Waals surface area contributed by atoms with E-state index < -0.39 is 5.60 Å². The molecule has 0 aromatic heterocycles. The Morgan fingerprint density at radius 3 is 2.39 bits per heavy atom. The summed E-state index contributed by atoms with van der Waals surface area (Å²) in [7, 11) is 0. The molecule has 5 nitrogen and oxygen atoms in total. The van der Waals surface area contributed by atoms with Gasteiger partial charge in [0, 0.05) is 31.3 Å². The van der Waals surface area contributed by atoms with Crippen LogP contribution < -0.4 is 5.32 Å². The van der Waals surface area contributed by atoms with Crippen molar-refractivity contribution in [2.75, 3.05) is 13.2 Å². The fraction of sp³-hybridized carbons (Fsp3) is 0.944. The van der Waals surface area contributed by atoms with Crippen LogP contribution in [-0.4, -0.2) is 54.0 Å². The number of nitrogens with one attached hydrogen (secondary N) is 1. The van der Waals surface area contributed by atoms with Crippen LogP contribution >= 0.6 is 0 Å². The van der Waals surface area contributed by atoms with Crippen LogP contribution in [0.3, 0.4) is 0 Å². The molecule has 3 saturated heterocycles. The second-order valence-corrected chi connectivity index (χ2v) is 8.47. The molecular weight excluding hydrogens is 292 g/mol. The second-order valence-electron chi connectivity index (χ2n) is 8.47. The van der Waals surface area contributed by atoms with Crippen molar-refractivity contribution in [1.29, 1.82) is 0 Å². The Morgan fingerprint density at radius 1 is 1.22 bits per heavy atom. The van der Waals surface area contributed by atoms with E-state index in [0.29, 0.717) is 30.1 Å². The van der Waals surface area contributed by atoms with E-state index in [1.165, 1.54) is 0 Å². The minimum atomic E-state index is -0.412. The molecule has 3 aliphatic heterocycles. The molecule has 1 N–H and O–H groups in total. The van der Waals surface area contributed by atoms with Gasteiger partial charge in [0.25, 0.3) is 0 Å². The van der Waals surface area contributed by atoms with Gasteiger partial charge in [0.2, 0.25) is 0 Å².